The van der Waals surface area contributed by atoms with E-state index in [9.17, 15) is 22.0 Å². The van der Waals surface area contributed by atoms with E-state index in [1.54, 1.807) is 4.83 Å². The standard InChI is InChI=1S/C15H14F2N2O5S/c1-23-10-5-9(6-11(7-10)24-2)15(20)18-19-25(21,22)12-3-4-13(16)14(17)8-12/h3-8,19H,1-2H3,(H,18,20). The van der Waals surface area contributed by atoms with Gasteiger partial charge >= 0.3 is 0 Å². The van der Waals surface area contributed by atoms with Gasteiger partial charge < -0.3 is 9.47 Å². The number of hydrogen-bond acceptors (Lipinski definition) is 5. The van der Waals surface area contributed by atoms with Gasteiger partial charge in [-0.2, -0.15) is 0 Å². The zero-order valence-electron chi connectivity index (χ0n) is 13.2. The highest BCUT2D eigenvalue weighted by Crippen LogP contribution is 2.22. The molecule has 0 aliphatic rings. The average Bonchev–Trinajstić information content (AvgIpc) is 2.61. The van der Waals surface area contributed by atoms with Gasteiger partial charge in [0.25, 0.3) is 15.9 Å². The largest absolute Gasteiger partial charge is 0.497 e. The maximum absolute atomic E-state index is 13.2. The van der Waals surface area contributed by atoms with Crippen LogP contribution in [0.1, 0.15) is 10.4 Å². The van der Waals surface area contributed by atoms with Crippen LogP contribution in [0.5, 0.6) is 11.5 Å². The molecule has 2 aromatic carbocycles. The molecule has 0 spiro atoms. The summed E-state index contributed by atoms with van der Waals surface area (Å²) < 4.78 is 60.1. The number of hydrazine groups is 1. The van der Waals surface area contributed by atoms with Crippen LogP contribution in [-0.2, 0) is 10.0 Å². The number of halogens is 2. The first-order valence-electron chi connectivity index (χ1n) is 6.77. The maximum Gasteiger partial charge on any atom is 0.266 e. The lowest BCUT2D eigenvalue weighted by Gasteiger charge is -2.11. The number of benzene rings is 2. The van der Waals surface area contributed by atoms with E-state index in [4.69, 9.17) is 9.47 Å². The van der Waals surface area contributed by atoms with E-state index < -0.39 is 32.5 Å². The van der Waals surface area contributed by atoms with Crippen molar-refractivity contribution in [3.05, 3.63) is 53.6 Å². The first-order chi connectivity index (χ1) is 11.8. The third-order valence-electron chi connectivity index (χ3n) is 3.11. The monoisotopic (exact) mass is 372 g/mol. The Bertz CT molecular complexity index is 881. The molecule has 0 saturated carbocycles. The number of nitrogens with one attached hydrogen (secondary N) is 2. The number of amides is 1. The molecule has 10 heteroatoms. The van der Waals surface area contributed by atoms with Gasteiger partial charge in [-0.3, -0.25) is 10.2 Å². The summed E-state index contributed by atoms with van der Waals surface area (Å²) in [5.41, 5.74) is 2.03. The van der Waals surface area contributed by atoms with Crippen LogP contribution in [0.2, 0.25) is 0 Å². The Morgan fingerprint density at radius 2 is 1.56 bits per heavy atom. The van der Waals surface area contributed by atoms with E-state index in [-0.39, 0.29) is 5.56 Å². The average molecular weight is 372 g/mol. The second-order valence-electron chi connectivity index (χ2n) is 4.74. The molecule has 134 valence electrons. The molecule has 7 nitrogen and oxygen atoms in total. The first kappa shape index (κ1) is 18.6. The summed E-state index contributed by atoms with van der Waals surface area (Å²) in [7, 11) is -1.50. The fourth-order valence-corrected chi connectivity index (χ4v) is 2.68. The third kappa shape index (κ3) is 4.43. The van der Waals surface area contributed by atoms with Crippen LogP contribution in [0.4, 0.5) is 8.78 Å². The van der Waals surface area contributed by atoms with Gasteiger partial charge in [0.05, 0.1) is 19.1 Å². The number of ether oxygens (including phenoxy) is 2. The minimum atomic E-state index is -4.29. The van der Waals surface area contributed by atoms with Crippen LogP contribution in [0, 0.1) is 11.6 Å². The first-order valence-corrected chi connectivity index (χ1v) is 8.25. The molecule has 0 aliphatic heterocycles. The van der Waals surface area contributed by atoms with E-state index in [1.165, 1.54) is 32.4 Å². The van der Waals surface area contributed by atoms with Crippen LogP contribution >= 0.6 is 0 Å². The SMILES string of the molecule is COc1cc(OC)cc(C(=O)NNS(=O)(=O)c2ccc(F)c(F)c2)c1. The van der Waals surface area contributed by atoms with Crippen molar-refractivity contribution >= 4 is 15.9 Å². The summed E-state index contributed by atoms with van der Waals surface area (Å²) in [4.78, 5) is 13.3. The van der Waals surface area contributed by atoms with Crippen molar-refractivity contribution in [1.82, 2.24) is 10.3 Å². The van der Waals surface area contributed by atoms with Crippen LogP contribution in [0.15, 0.2) is 41.3 Å². The van der Waals surface area contributed by atoms with Gasteiger partial charge in [-0.25, -0.2) is 17.2 Å². The quantitative estimate of drug-likeness (QED) is 0.752. The fraction of sp³-hybridized carbons (Fsp3) is 0.133. The molecule has 0 saturated heterocycles. The Balaban J connectivity index is 2.17. The fourth-order valence-electron chi connectivity index (χ4n) is 1.83. The topological polar surface area (TPSA) is 93.7 Å². The smallest absolute Gasteiger partial charge is 0.266 e. The molecule has 0 heterocycles. The minimum Gasteiger partial charge on any atom is -0.497 e. The van der Waals surface area contributed by atoms with Crippen molar-refractivity contribution in [2.24, 2.45) is 0 Å². The Labute approximate surface area is 142 Å². The highest BCUT2D eigenvalue weighted by Gasteiger charge is 2.18. The predicted molar refractivity (Wildman–Crippen MR) is 83.7 cm³/mol. The Hall–Kier alpha value is -2.72. The van der Waals surface area contributed by atoms with Gasteiger partial charge in [-0.05, 0) is 30.3 Å². The molecule has 0 aliphatic carbocycles. The lowest BCUT2D eigenvalue weighted by atomic mass is 10.2. The normalized spacial score (nSPS) is 11.0. The Morgan fingerprint density at radius 1 is 0.960 bits per heavy atom. The molecule has 0 atom stereocenters. The summed E-state index contributed by atoms with van der Waals surface area (Å²) in [6.45, 7) is 0. The van der Waals surface area contributed by atoms with Gasteiger partial charge in [0.2, 0.25) is 0 Å². The van der Waals surface area contributed by atoms with Crippen LogP contribution in [-0.4, -0.2) is 28.5 Å². The van der Waals surface area contributed by atoms with E-state index in [0.29, 0.717) is 23.6 Å². The van der Waals surface area contributed by atoms with Crippen LogP contribution in [0.25, 0.3) is 0 Å². The van der Waals surface area contributed by atoms with Gasteiger partial charge in [0.1, 0.15) is 11.5 Å². The predicted octanol–water partition coefficient (Wildman–Crippen LogP) is 1.61. The number of rotatable bonds is 6. The lowest BCUT2D eigenvalue weighted by Crippen LogP contribution is -2.41. The van der Waals surface area contributed by atoms with Crippen molar-refractivity contribution < 1.29 is 31.5 Å². The minimum absolute atomic E-state index is 0.0594. The van der Waals surface area contributed by atoms with Gasteiger partial charge in [0, 0.05) is 11.6 Å². The van der Waals surface area contributed by atoms with E-state index in [2.05, 4.69) is 0 Å². The number of methoxy groups -OCH3 is 2. The van der Waals surface area contributed by atoms with E-state index >= 15 is 0 Å². The molecule has 0 radical (unpaired) electrons. The van der Waals surface area contributed by atoms with Gasteiger partial charge in [-0.15, -0.1) is 4.83 Å². The molecule has 0 aromatic heterocycles. The molecular formula is C15H14F2N2O5S. The highest BCUT2D eigenvalue weighted by molar-refractivity contribution is 7.89. The summed E-state index contributed by atoms with van der Waals surface area (Å²) in [5, 5.41) is 0. The molecule has 2 aromatic rings. The zero-order valence-corrected chi connectivity index (χ0v) is 14.0. The molecule has 0 fully saturated rings. The molecule has 2 N–H and O–H groups in total. The summed E-state index contributed by atoms with van der Waals surface area (Å²) >= 11 is 0. The maximum atomic E-state index is 13.2. The Morgan fingerprint density at radius 3 is 2.08 bits per heavy atom. The Kier molecular flexibility index (Phi) is 5.55. The lowest BCUT2D eigenvalue weighted by molar-refractivity contribution is 0.0944. The third-order valence-corrected chi connectivity index (χ3v) is 4.36. The van der Waals surface area contributed by atoms with Crippen LogP contribution in [0.3, 0.4) is 0 Å². The van der Waals surface area contributed by atoms with E-state index in [1.807, 2.05) is 5.43 Å². The molecule has 0 unspecified atom stereocenters. The van der Waals surface area contributed by atoms with Crippen molar-refractivity contribution in [2.45, 2.75) is 4.90 Å². The number of carbonyl (C=O) groups is 1. The number of carbonyl (C=O) groups excluding carboxylic acids is 1. The van der Waals surface area contributed by atoms with Crippen molar-refractivity contribution in [3.63, 3.8) is 0 Å². The molecular weight excluding hydrogens is 358 g/mol. The molecule has 1 amide bonds. The number of sulfonamides is 1. The number of hydrogen-bond donors (Lipinski definition) is 2. The second-order valence-corrected chi connectivity index (χ2v) is 6.42. The summed E-state index contributed by atoms with van der Waals surface area (Å²) in [6.07, 6.45) is 0. The molecule has 0 bridgehead atoms. The second kappa shape index (κ2) is 7.45. The van der Waals surface area contributed by atoms with Gasteiger partial charge in [0.15, 0.2) is 11.6 Å². The summed E-state index contributed by atoms with van der Waals surface area (Å²) in [6, 6.07) is 6.29. The highest BCUT2D eigenvalue weighted by atomic mass is 32.2. The van der Waals surface area contributed by atoms with Crippen molar-refractivity contribution in [2.75, 3.05) is 14.2 Å². The molecule has 25 heavy (non-hydrogen) atoms. The van der Waals surface area contributed by atoms with Crippen molar-refractivity contribution in [1.29, 1.82) is 0 Å². The zero-order chi connectivity index (χ0) is 18.6. The van der Waals surface area contributed by atoms with Crippen molar-refractivity contribution in [3.8, 4) is 11.5 Å². The van der Waals surface area contributed by atoms with E-state index in [0.717, 1.165) is 6.07 Å². The van der Waals surface area contributed by atoms with Gasteiger partial charge in [-0.1, -0.05) is 0 Å². The molecule has 2 rings (SSSR count). The van der Waals surface area contributed by atoms with Crippen LogP contribution < -0.4 is 19.7 Å². The summed E-state index contributed by atoms with van der Waals surface area (Å²) in [5.74, 6) is -2.66.